The van der Waals surface area contributed by atoms with E-state index in [0.29, 0.717) is 16.1 Å². The molecule has 3 aromatic rings. The number of carbonyl (C=O) groups is 2. The normalized spacial score (nSPS) is 13.8. The van der Waals surface area contributed by atoms with Crippen LogP contribution in [0, 0.1) is 0 Å². The maximum absolute atomic E-state index is 13.5. The van der Waals surface area contributed by atoms with E-state index in [2.05, 4.69) is 5.32 Å². The summed E-state index contributed by atoms with van der Waals surface area (Å²) in [6, 6.07) is 14.8. The Bertz CT molecular complexity index is 1300. The molecule has 0 saturated carbocycles. The fourth-order valence-electron chi connectivity index (χ4n) is 3.55. The van der Waals surface area contributed by atoms with Gasteiger partial charge >= 0.3 is 0 Å². The van der Waals surface area contributed by atoms with Gasteiger partial charge < -0.3 is 11.1 Å². The third kappa shape index (κ3) is 3.89. The highest BCUT2D eigenvalue weighted by Gasteiger charge is 2.33. The van der Waals surface area contributed by atoms with Gasteiger partial charge in [0.25, 0.3) is 21.8 Å². The van der Waals surface area contributed by atoms with Crippen LogP contribution in [0.25, 0.3) is 10.4 Å². The summed E-state index contributed by atoms with van der Waals surface area (Å²) in [5, 5.41) is 2.87. The van der Waals surface area contributed by atoms with Crippen LogP contribution in [0.5, 0.6) is 0 Å². The second-order valence-corrected chi connectivity index (χ2v) is 10.6. The maximum Gasteiger partial charge on any atom is 0.264 e. The fourth-order valence-corrected chi connectivity index (χ4v) is 6.07. The molecule has 166 valence electrons. The number of thiophene rings is 1. The summed E-state index contributed by atoms with van der Waals surface area (Å²) >= 11 is 1.27. The van der Waals surface area contributed by atoms with Crippen molar-refractivity contribution in [2.75, 3.05) is 4.31 Å². The molecule has 1 atom stereocenters. The van der Waals surface area contributed by atoms with Crippen LogP contribution in [0.1, 0.15) is 45.9 Å². The fraction of sp³-hybridized carbons (Fsp3) is 0.217. The Kier molecular flexibility index (Phi) is 5.79. The van der Waals surface area contributed by atoms with Crippen LogP contribution in [-0.2, 0) is 16.6 Å². The number of primary amides is 1. The Morgan fingerprint density at radius 1 is 1.16 bits per heavy atom. The van der Waals surface area contributed by atoms with Crippen LogP contribution in [0.2, 0.25) is 0 Å². The van der Waals surface area contributed by atoms with E-state index >= 15 is 0 Å². The van der Waals surface area contributed by atoms with Crippen molar-refractivity contribution in [1.29, 1.82) is 0 Å². The highest BCUT2D eigenvalue weighted by atomic mass is 32.2. The van der Waals surface area contributed by atoms with Crippen LogP contribution in [0.3, 0.4) is 0 Å². The number of rotatable bonds is 6. The van der Waals surface area contributed by atoms with E-state index in [1.54, 1.807) is 18.2 Å². The first-order valence-electron chi connectivity index (χ1n) is 10.2. The van der Waals surface area contributed by atoms with E-state index in [0.717, 1.165) is 22.4 Å². The topological polar surface area (TPSA) is 110 Å². The summed E-state index contributed by atoms with van der Waals surface area (Å²) in [5.41, 5.74) is 7.85. The molecule has 1 aliphatic rings. The van der Waals surface area contributed by atoms with Gasteiger partial charge in [-0.3, -0.25) is 13.9 Å². The average molecular weight is 470 g/mol. The first kappa shape index (κ1) is 22.0. The molecule has 0 radical (unpaired) electrons. The molecular formula is C23H23N3O4S2. The molecule has 7 nitrogen and oxygen atoms in total. The molecule has 4 rings (SSSR count). The van der Waals surface area contributed by atoms with Crippen molar-refractivity contribution in [1.82, 2.24) is 5.32 Å². The number of hydrogen-bond acceptors (Lipinski definition) is 5. The van der Waals surface area contributed by atoms with E-state index in [-0.39, 0.29) is 23.4 Å². The molecule has 2 aromatic carbocycles. The summed E-state index contributed by atoms with van der Waals surface area (Å²) in [6.45, 7) is 3.98. The van der Waals surface area contributed by atoms with Crippen LogP contribution in [0.15, 0.2) is 59.5 Å². The number of carbonyl (C=O) groups excluding carboxylic acids is 2. The summed E-state index contributed by atoms with van der Waals surface area (Å²) in [7, 11) is -3.91. The monoisotopic (exact) mass is 469 g/mol. The van der Waals surface area contributed by atoms with Crippen LogP contribution < -0.4 is 15.4 Å². The minimum atomic E-state index is -3.91. The number of anilines is 1. The number of para-hydroxylation sites is 1. The first-order chi connectivity index (χ1) is 15.2. The molecular weight excluding hydrogens is 446 g/mol. The molecule has 0 aliphatic carbocycles. The van der Waals surface area contributed by atoms with E-state index in [1.165, 1.54) is 39.9 Å². The van der Waals surface area contributed by atoms with Gasteiger partial charge in [0.1, 0.15) is 0 Å². The van der Waals surface area contributed by atoms with Gasteiger partial charge in [-0.05, 0) is 55.3 Å². The lowest BCUT2D eigenvalue weighted by atomic mass is 10.0. The highest BCUT2D eigenvalue weighted by molar-refractivity contribution is 7.92. The van der Waals surface area contributed by atoms with Gasteiger partial charge in [0, 0.05) is 22.0 Å². The van der Waals surface area contributed by atoms with Crippen LogP contribution in [-0.4, -0.2) is 26.3 Å². The Hall–Kier alpha value is -3.17. The van der Waals surface area contributed by atoms with Crippen molar-refractivity contribution < 1.29 is 18.0 Å². The molecule has 2 heterocycles. The summed E-state index contributed by atoms with van der Waals surface area (Å²) < 4.78 is 28.4. The zero-order valence-electron chi connectivity index (χ0n) is 17.7. The minimum absolute atomic E-state index is 0.0286. The number of amides is 2. The lowest BCUT2D eigenvalue weighted by molar-refractivity contribution is 0.0938. The predicted octanol–water partition coefficient (Wildman–Crippen LogP) is 3.75. The Morgan fingerprint density at radius 3 is 2.50 bits per heavy atom. The van der Waals surface area contributed by atoms with E-state index < -0.39 is 15.9 Å². The van der Waals surface area contributed by atoms with Crippen molar-refractivity contribution in [2.24, 2.45) is 5.73 Å². The van der Waals surface area contributed by atoms with Crippen molar-refractivity contribution in [3.63, 3.8) is 0 Å². The molecule has 3 N–H and O–H groups in total. The third-order valence-electron chi connectivity index (χ3n) is 5.48. The smallest absolute Gasteiger partial charge is 0.264 e. The summed E-state index contributed by atoms with van der Waals surface area (Å²) in [5.74, 6) is -0.781. The average Bonchev–Trinajstić information content (AvgIpc) is 3.23. The third-order valence-corrected chi connectivity index (χ3v) is 8.48. The summed E-state index contributed by atoms with van der Waals surface area (Å²) in [4.78, 5) is 25.3. The lowest BCUT2D eigenvalue weighted by Gasteiger charge is -2.30. The number of nitrogens with zero attached hydrogens (tertiary/aromatic N) is 1. The SMILES string of the molecule is CCC(C)NC(=O)c1ccc(S(=O)(=O)N2Cc3cc(C(N)=O)sc3-c3ccccc32)cc1. The molecule has 0 fully saturated rings. The zero-order valence-corrected chi connectivity index (χ0v) is 19.3. The number of benzene rings is 2. The minimum Gasteiger partial charge on any atom is -0.365 e. The zero-order chi connectivity index (χ0) is 23.0. The van der Waals surface area contributed by atoms with Gasteiger partial charge in [-0.2, -0.15) is 0 Å². The lowest BCUT2D eigenvalue weighted by Crippen LogP contribution is -2.33. The van der Waals surface area contributed by atoms with E-state index in [1.807, 2.05) is 26.0 Å². The van der Waals surface area contributed by atoms with Gasteiger partial charge in [0.2, 0.25) is 0 Å². The number of hydrogen-bond donors (Lipinski definition) is 2. The molecule has 1 aliphatic heterocycles. The Labute approximate surface area is 190 Å². The molecule has 1 aromatic heterocycles. The van der Waals surface area contributed by atoms with Crippen molar-refractivity contribution in [3.05, 3.63) is 70.6 Å². The maximum atomic E-state index is 13.5. The summed E-state index contributed by atoms with van der Waals surface area (Å²) in [6.07, 6.45) is 0.800. The van der Waals surface area contributed by atoms with Crippen molar-refractivity contribution in [3.8, 4) is 10.4 Å². The standard InChI is InChI=1S/C23H23N3O4S2/c1-3-14(2)25-23(28)15-8-10-17(11-9-15)32(29,30)26-13-16-12-20(22(24)27)31-21(16)18-6-4-5-7-19(18)26/h4-12,14H,3,13H2,1-2H3,(H2,24,27)(H,25,28). The molecule has 0 saturated heterocycles. The van der Waals surface area contributed by atoms with Crippen LogP contribution >= 0.6 is 11.3 Å². The quantitative estimate of drug-likeness (QED) is 0.573. The Morgan fingerprint density at radius 2 is 1.84 bits per heavy atom. The molecule has 0 bridgehead atoms. The molecule has 9 heteroatoms. The second-order valence-electron chi connectivity index (χ2n) is 7.67. The largest absolute Gasteiger partial charge is 0.365 e. The number of nitrogens with two attached hydrogens (primary N) is 1. The van der Waals surface area contributed by atoms with Crippen molar-refractivity contribution >= 4 is 38.9 Å². The van der Waals surface area contributed by atoms with Gasteiger partial charge in [-0.25, -0.2) is 8.42 Å². The molecule has 32 heavy (non-hydrogen) atoms. The number of nitrogens with one attached hydrogen (secondary N) is 1. The molecule has 1 unspecified atom stereocenters. The van der Waals surface area contributed by atoms with Crippen LogP contribution in [0.4, 0.5) is 5.69 Å². The second kappa shape index (κ2) is 8.40. The van der Waals surface area contributed by atoms with Gasteiger partial charge in [0.05, 0.1) is 22.0 Å². The number of sulfonamides is 1. The Balaban J connectivity index is 1.70. The van der Waals surface area contributed by atoms with E-state index in [4.69, 9.17) is 5.73 Å². The number of fused-ring (bicyclic) bond motifs is 3. The van der Waals surface area contributed by atoms with Gasteiger partial charge in [0.15, 0.2) is 0 Å². The van der Waals surface area contributed by atoms with E-state index in [9.17, 15) is 18.0 Å². The molecule has 0 spiro atoms. The molecule has 2 amide bonds. The van der Waals surface area contributed by atoms with Crippen molar-refractivity contribution in [2.45, 2.75) is 37.8 Å². The first-order valence-corrected chi connectivity index (χ1v) is 12.4. The van der Waals surface area contributed by atoms with Gasteiger partial charge in [-0.1, -0.05) is 25.1 Å². The predicted molar refractivity (Wildman–Crippen MR) is 125 cm³/mol. The highest BCUT2D eigenvalue weighted by Crippen LogP contribution is 2.45. The van der Waals surface area contributed by atoms with Gasteiger partial charge in [-0.15, -0.1) is 11.3 Å².